The zero-order valence-corrected chi connectivity index (χ0v) is 18.5. The highest BCUT2D eigenvalue weighted by atomic mass is 32.2. The van der Waals surface area contributed by atoms with E-state index in [1.807, 2.05) is 23.7 Å². The van der Waals surface area contributed by atoms with Crippen LogP contribution in [0.3, 0.4) is 0 Å². The molecule has 1 aromatic heterocycles. The minimum absolute atomic E-state index is 0.0768. The summed E-state index contributed by atoms with van der Waals surface area (Å²) in [5.74, 6) is 2.49. The van der Waals surface area contributed by atoms with Gasteiger partial charge in [-0.1, -0.05) is 63.4 Å². The molecule has 1 saturated carbocycles. The second kappa shape index (κ2) is 10.7. The molecule has 1 aliphatic carbocycles. The van der Waals surface area contributed by atoms with E-state index in [1.165, 1.54) is 43.0 Å². The van der Waals surface area contributed by atoms with E-state index in [-0.39, 0.29) is 5.91 Å². The van der Waals surface area contributed by atoms with Gasteiger partial charge in [-0.25, -0.2) is 0 Å². The molecule has 1 amide bonds. The SMILES string of the molecule is CC(C)c1ccc(OCc2nnc(SCC(=O)NC3CCCCCC3)n2C)cc1. The Morgan fingerprint density at radius 2 is 1.86 bits per heavy atom. The van der Waals surface area contributed by atoms with E-state index in [0.29, 0.717) is 24.3 Å². The van der Waals surface area contributed by atoms with E-state index in [9.17, 15) is 4.79 Å². The number of carbonyl (C=O) groups is 1. The summed E-state index contributed by atoms with van der Waals surface area (Å²) in [6.45, 7) is 4.69. The van der Waals surface area contributed by atoms with Crippen molar-refractivity contribution in [1.82, 2.24) is 20.1 Å². The summed E-state index contributed by atoms with van der Waals surface area (Å²) in [5, 5.41) is 12.3. The molecule has 0 unspecified atom stereocenters. The van der Waals surface area contributed by atoms with Crippen LogP contribution in [-0.2, 0) is 18.4 Å². The number of nitrogens with zero attached hydrogens (tertiary/aromatic N) is 3. The Kier molecular flexibility index (Phi) is 7.98. The van der Waals surface area contributed by atoms with Gasteiger partial charge in [0.15, 0.2) is 11.0 Å². The molecule has 1 heterocycles. The third kappa shape index (κ3) is 6.49. The molecule has 0 radical (unpaired) electrons. The molecule has 1 N–H and O–H groups in total. The first kappa shape index (κ1) is 21.7. The van der Waals surface area contributed by atoms with Crippen molar-refractivity contribution >= 4 is 17.7 Å². The van der Waals surface area contributed by atoms with Crippen molar-refractivity contribution in [2.75, 3.05) is 5.75 Å². The average molecular weight is 417 g/mol. The van der Waals surface area contributed by atoms with Gasteiger partial charge in [-0.2, -0.15) is 0 Å². The summed E-state index contributed by atoms with van der Waals surface area (Å²) in [6, 6.07) is 8.48. The van der Waals surface area contributed by atoms with Crippen LogP contribution in [0, 0.1) is 0 Å². The zero-order valence-electron chi connectivity index (χ0n) is 17.7. The van der Waals surface area contributed by atoms with Crippen LogP contribution >= 0.6 is 11.8 Å². The second-order valence-electron chi connectivity index (χ2n) is 8.01. The summed E-state index contributed by atoms with van der Waals surface area (Å²) >= 11 is 1.42. The molecule has 1 fully saturated rings. The Morgan fingerprint density at radius 1 is 1.17 bits per heavy atom. The van der Waals surface area contributed by atoms with Gasteiger partial charge >= 0.3 is 0 Å². The largest absolute Gasteiger partial charge is 0.486 e. The lowest BCUT2D eigenvalue weighted by Gasteiger charge is -2.15. The van der Waals surface area contributed by atoms with Crippen molar-refractivity contribution in [3.05, 3.63) is 35.7 Å². The van der Waals surface area contributed by atoms with E-state index in [0.717, 1.165) is 29.6 Å². The number of ether oxygens (including phenoxy) is 1. The first-order valence-electron chi connectivity index (χ1n) is 10.6. The lowest BCUT2D eigenvalue weighted by molar-refractivity contribution is -0.119. The van der Waals surface area contributed by atoms with Crippen LogP contribution < -0.4 is 10.1 Å². The predicted molar refractivity (Wildman–Crippen MR) is 116 cm³/mol. The summed E-state index contributed by atoms with van der Waals surface area (Å²) < 4.78 is 7.74. The molecule has 6 nitrogen and oxygen atoms in total. The molecule has 0 spiro atoms. The van der Waals surface area contributed by atoms with Gasteiger partial charge in [0.05, 0.1) is 5.75 Å². The van der Waals surface area contributed by atoms with E-state index >= 15 is 0 Å². The van der Waals surface area contributed by atoms with Crippen LogP contribution in [0.4, 0.5) is 0 Å². The number of hydrogen-bond donors (Lipinski definition) is 1. The highest BCUT2D eigenvalue weighted by molar-refractivity contribution is 7.99. The van der Waals surface area contributed by atoms with Gasteiger partial charge in [0, 0.05) is 13.1 Å². The Morgan fingerprint density at radius 3 is 2.52 bits per heavy atom. The molecular formula is C22H32N4O2S. The molecule has 0 atom stereocenters. The molecule has 1 aromatic carbocycles. The summed E-state index contributed by atoms with van der Waals surface area (Å²) in [7, 11) is 1.91. The minimum Gasteiger partial charge on any atom is -0.486 e. The van der Waals surface area contributed by atoms with Crippen LogP contribution in [0.5, 0.6) is 5.75 Å². The number of nitrogens with one attached hydrogen (secondary N) is 1. The molecule has 158 valence electrons. The number of hydrogen-bond acceptors (Lipinski definition) is 5. The molecule has 0 bridgehead atoms. The third-order valence-corrected chi connectivity index (χ3v) is 6.41. The molecule has 2 aromatic rings. The normalized spacial score (nSPS) is 15.3. The molecule has 0 aliphatic heterocycles. The van der Waals surface area contributed by atoms with E-state index in [4.69, 9.17) is 4.74 Å². The van der Waals surface area contributed by atoms with Crippen molar-refractivity contribution < 1.29 is 9.53 Å². The highest BCUT2D eigenvalue weighted by Crippen LogP contribution is 2.21. The first-order valence-corrected chi connectivity index (χ1v) is 11.5. The van der Waals surface area contributed by atoms with Crippen molar-refractivity contribution in [1.29, 1.82) is 0 Å². The Hall–Kier alpha value is -2.02. The third-order valence-electron chi connectivity index (χ3n) is 5.39. The monoisotopic (exact) mass is 416 g/mol. The predicted octanol–water partition coefficient (Wildman–Crippen LogP) is 4.45. The maximum absolute atomic E-state index is 12.3. The quantitative estimate of drug-likeness (QED) is 0.509. The van der Waals surface area contributed by atoms with Crippen LogP contribution in [0.2, 0.25) is 0 Å². The summed E-state index contributed by atoms with van der Waals surface area (Å²) in [6.07, 6.45) is 7.19. The van der Waals surface area contributed by atoms with Gasteiger partial charge in [-0.05, 0) is 36.5 Å². The van der Waals surface area contributed by atoms with Crippen LogP contribution in [0.15, 0.2) is 29.4 Å². The highest BCUT2D eigenvalue weighted by Gasteiger charge is 2.16. The average Bonchev–Trinajstić information content (AvgIpc) is 2.89. The van der Waals surface area contributed by atoms with Gasteiger partial charge in [0.1, 0.15) is 12.4 Å². The van der Waals surface area contributed by atoms with E-state index in [2.05, 4.69) is 41.5 Å². The van der Waals surface area contributed by atoms with Crippen molar-refractivity contribution in [2.45, 2.75) is 76.1 Å². The number of amides is 1. The summed E-state index contributed by atoms with van der Waals surface area (Å²) in [5.41, 5.74) is 1.29. The molecular weight excluding hydrogens is 384 g/mol. The van der Waals surface area contributed by atoms with Crippen LogP contribution in [0.25, 0.3) is 0 Å². The number of rotatable bonds is 8. The molecule has 0 saturated heterocycles. The standard InChI is InChI=1S/C22H32N4O2S/c1-16(2)17-10-12-19(13-11-17)28-14-20-24-25-22(26(20)3)29-15-21(27)23-18-8-6-4-5-7-9-18/h10-13,16,18H,4-9,14-15H2,1-3H3,(H,23,27). The fourth-order valence-corrected chi connectivity index (χ4v) is 4.26. The van der Waals surface area contributed by atoms with Crippen LogP contribution in [0.1, 0.15) is 69.7 Å². The lowest BCUT2D eigenvalue weighted by Crippen LogP contribution is -2.35. The Labute approximate surface area is 177 Å². The lowest BCUT2D eigenvalue weighted by atomic mass is 10.0. The molecule has 7 heteroatoms. The smallest absolute Gasteiger partial charge is 0.230 e. The van der Waals surface area contributed by atoms with E-state index < -0.39 is 0 Å². The summed E-state index contributed by atoms with van der Waals surface area (Å²) in [4.78, 5) is 12.3. The topological polar surface area (TPSA) is 69.0 Å². The van der Waals surface area contributed by atoms with Gasteiger partial charge in [-0.3, -0.25) is 4.79 Å². The van der Waals surface area contributed by atoms with E-state index in [1.54, 1.807) is 0 Å². The molecule has 29 heavy (non-hydrogen) atoms. The fraction of sp³-hybridized carbons (Fsp3) is 0.591. The van der Waals surface area contributed by atoms with Crippen molar-refractivity contribution in [3.63, 3.8) is 0 Å². The Bertz CT molecular complexity index is 781. The van der Waals surface area contributed by atoms with Gasteiger partial charge in [0.25, 0.3) is 0 Å². The maximum Gasteiger partial charge on any atom is 0.230 e. The van der Waals surface area contributed by atoms with Gasteiger partial charge in [0.2, 0.25) is 5.91 Å². The first-order chi connectivity index (χ1) is 14.0. The van der Waals surface area contributed by atoms with Crippen molar-refractivity contribution in [2.24, 2.45) is 7.05 Å². The number of thioether (sulfide) groups is 1. The molecule has 1 aliphatic rings. The van der Waals surface area contributed by atoms with Gasteiger partial charge in [-0.15, -0.1) is 10.2 Å². The number of carbonyl (C=O) groups excluding carboxylic acids is 1. The maximum atomic E-state index is 12.3. The fourth-order valence-electron chi connectivity index (χ4n) is 3.52. The number of benzene rings is 1. The zero-order chi connectivity index (χ0) is 20.6. The van der Waals surface area contributed by atoms with Crippen LogP contribution in [-0.4, -0.2) is 32.5 Å². The van der Waals surface area contributed by atoms with Gasteiger partial charge < -0.3 is 14.6 Å². The Balaban J connectivity index is 1.46. The second-order valence-corrected chi connectivity index (χ2v) is 8.96. The van der Waals surface area contributed by atoms with Crippen molar-refractivity contribution in [3.8, 4) is 5.75 Å². The number of aromatic nitrogens is 3. The molecule has 3 rings (SSSR count). The minimum atomic E-state index is 0.0768.